The first-order valence-corrected chi connectivity index (χ1v) is 4.68. The second-order valence-corrected chi connectivity index (χ2v) is 3.37. The third kappa shape index (κ3) is 7.38. The lowest BCUT2D eigenvalue weighted by molar-refractivity contribution is 0.240. The normalized spacial score (nSPS) is 10.0. The highest BCUT2D eigenvalue weighted by molar-refractivity contribution is 5.73. The maximum atomic E-state index is 11.0. The van der Waals surface area contributed by atoms with Crippen LogP contribution in [0.4, 0.5) is 4.79 Å². The van der Waals surface area contributed by atoms with Crippen LogP contribution in [-0.2, 0) is 0 Å². The Morgan fingerprint density at radius 2 is 1.83 bits per heavy atom. The summed E-state index contributed by atoms with van der Waals surface area (Å²) in [6.07, 6.45) is 2.02. The van der Waals surface area contributed by atoms with E-state index in [1.165, 1.54) is 0 Å². The molecule has 0 saturated carbocycles. The minimum absolute atomic E-state index is 0.0440. The van der Waals surface area contributed by atoms with Gasteiger partial charge in [0, 0.05) is 13.1 Å². The predicted molar refractivity (Wildman–Crippen MR) is 51.1 cm³/mol. The number of rotatable bonds is 5. The lowest BCUT2D eigenvalue weighted by atomic mass is 10.1. The van der Waals surface area contributed by atoms with Crippen LogP contribution >= 0.6 is 0 Å². The first-order chi connectivity index (χ1) is 5.66. The highest BCUT2D eigenvalue weighted by Crippen LogP contribution is 1.95. The second-order valence-electron chi connectivity index (χ2n) is 3.37. The van der Waals surface area contributed by atoms with Crippen LogP contribution in [0.1, 0.15) is 33.6 Å². The van der Waals surface area contributed by atoms with Crippen LogP contribution in [0.15, 0.2) is 0 Å². The number of hydrogen-bond donors (Lipinski definition) is 2. The smallest absolute Gasteiger partial charge is 0.314 e. The quantitative estimate of drug-likeness (QED) is 0.651. The Balaban J connectivity index is 3.20. The summed E-state index contributed by atoms with van der Waals surface area (Å²) < 4.78 is 0. The minimum Gasteiger partial charge on any atom is -0.338 e. The molecule has 0 unspecified atom stereocenters. The molecule has 2 amide bonds. The minimum atomic E-state index is -0.0440. The van der Waals surface area contributed by atoms with Crippen molar-refractivity contribution in [2.24, 2.45) is 5.92 Å². The topological polar surface area (TPSA) is 41.1 Å². The van der Waals surface area contributed by atoms with Gasteiger partial charge in [-0.3, -0.25) is 0 Å². The number of hydrogen-bond acceptors (Lipinski definition) is 1. The Bertz CT molecular complexity index is 124. The Kier molecular flexibility index (Phi) is 6.53. The molecule has 3 nitrogen and oxygen atoms in total. The van der Waals surface area contributed by atoms with E-state index in [2.05, 4.69) is 24.5 Å². The molecule has 0 aliphatic heterocycles. The monoisotopic (exact) mass is 172 g/mol. The molecular weight excluding hydrogens is 152 g/mol. The predicted octanol–water partition coefficient (Wildman–Crippen LogP) is 1.74. The van der Waals surface area contributed by atoms with E-state index in [-0.39, 0.29) is 6.03 Å². The van der Waals surface area contributed by atoms with Gasteiger partial charge in [-0.05, 0) is 18.8 Å². The average molecular weight is 172 g/mol. The highest BCUT2D eigenvalue weighted by atomic mass is 16.2. The zero-order chi connectivity index (χ0) is 9.40. The Morgan fingerprint density at radius 3 is 2.33 bits per heavy atom. The molecule has 12 heavy (non-hydrogen) atoms. The lowest BCUT2D eigenvalue weighted by Crippen LogP contribution is -2.36. The molecular formula is C9H20N2O. The number of amides is 2. The molecule has 0 fully saturated rings. The van der Waals surface area contributed by atoms with Crippen molar-refractivity contribution in [1.82, 2.24) is 10.6 Å². The summed E-state index contributed by atoms with van der Waals surface area (Å²) in [5, 5.41) is 5.55. The van der Waals surface area contributed by atoms with Gasteiger partial charge in [0.15, 0.2) is 0 Å². The van der Waals surface area contributed by atoms with Gasteiger partial charge in [-0.1, -0.05) is 20.8 Å². The van der Waals surface area contributed by atoms with Gasteiger partial charge in [0.25, 0.3) is 0 Å². The van der Waals surface area contributed by atoms with E-state index in [9.17, 15) is 4.79 Å². The first-order valence-electron chi connectivity index (χ1n) is 4.68. The molecule has 2 N–H and O–H groups in total. The van der Waals surface area contributed by atoms with Gasteiger partial charge in [0.05, 0.1) is 0 Å². The molecule has 0 aliphatic rings. The van der Waals surface area contributed by atoms with Crippen molar-refractivity contribution in [2.45, 2.75) is 33.6 Å². The molecule has 0 aromatic rings. The SMILES string of the molecule is CCCNC(=O)NCCC(C)C. The fraction of sp³-hybridized carbons (Fsp3) is 0.889. The van der Waals surface area contributed by atoms with Gasteiger partial charge in [-0.25, -0.2) is 4.79 Å². The van der Waals surface area contributed by atoms with Crippen LogP contribution < -0.4 is 10.6 Å². The number of urea groups is 1. The molecule has 0 bridgehead atoms. The zero-order valence-electron chi connectivity index (χ0n) is 8.31. The molecule has 0 aromatic heterocycles. The summed E-state index contributed by atoms with van der Waals surface area (Å²) >= 11 is 0. The van der Waals surface area contributed by atoms with Gasteiger partial charge < -0.3 is 10.6 Å². The van der Waals surface area contributed by atoms with Gasteiger partial charge >= 0.3 is 6.03 Å². The first kappa shape index (κ1) is 11.3. The van der Waals surface area contributed by atoms with E-state index < -0.39 is 0 Å². The fourth-order valence-electron chi connectivity index (χ4n) is 0.775. The Labute approximate surface area is 74.9 Å². The van der Waals surface area contributed by atoms with Crippen LogP contribution in [0, 0.1) is 5.92 Å². The van der Waals surface area contributed by atoms with Gasteiger partial charge in [-0.2, -0.15) is 0 Å². The summed E-state index contributed by atoms with van der Waals surface area (Å²) in [7, 11) is 0. The Morgan fingerprint density at radius 1 is 1.25 bits per heavy atom. The van der Waals surface area contributed by atoms with Crippen LogP contribution in [0.25, 0.3) is 0 Å². The summed E-state index contributed by atoms with van der Waals surface area (Å²) in [6.45, 7) is 7.85. The molecule has 0 spiro atoms. The van der Waals surface area contributed by atoms with Gasteiger partial charge in [0.1, 0.15) is 0 Å². The maximum Gasteiger partial charge on any atom is 0.314 e. The van der Waals surface area contributed by atoms with Gasteiger partial charge in [0.2, 0.25) is 0 Å². The summed E-state index contributed by atoms with van der Waals surface area (Å²) in [5.41, 5.74) is 0. The van der Waals surface area contributed by atoms with Crippen molar-refractivity contribution in [3.05, 3.63) is 0 Å². The van der Waals surface area contributed by atoms with Crippen LogP contribution in [0.2, 0.25) is 0 Å². The number of carbonyl (C=O) groups excluding carboxylic acids is 1. The van der Waals surface area contributed by atoms with Crippen molar-refractivity contribution in [1.29, 1.82) is 0 Å². The second kappa shape index (κ2) is 6.95. The average Bonchev–Trinajstić information content (AvgIpc) is 2.00. The molecule has 0 aromatic carbocycles. The molecule has 0 rings (SSSR count). The summed E-state index contributed by atoms with van der Waals surface area (Å²) in [5.74, 6) is 0.650. The molecule has 72 valence electrons. The number of carbonyl (C=O) groups is 1. The highest BCUT2D eigenvalue weighted by Gasteiger charge is 1.98. The van der Waals surface area contributed by atoms with E-state index in [4.69, 9.17) is 0 Å². The van der Waals surface area contributed by atoms with E-state index in [1.807, 2.05) is 6.92 Å². The molecule has 0 saturated heterocycles. The largest absolute Gasteiger partial charge is 0.338 e. The van der Waals surface area contributed by atoms with Gasteiger partial charge in [-0.15, -0.1) is 0 Å². The van der Waals surface area contributed by atoms with Crippen molar-refractivity contribution >= 4 is 6.03 Å². The summed E-state index contributed by atoms with van der Waals surface area (Å²) in [6, 6.07) is -0.0440. The molecule has 0 aliphatic carbocycles. The van der Waals surface area contributed by atoms with Crippen molar-refractivity contribution in [3.63, 3.8) is 0 Å². The van der Waals surface area contributed by atoms with E-state index >= 15 is 0 Å². The molecule has 0 atom stereocenters. The zero-order valence-corrected chi connectivity index (χ0v) is 8.31. The standard InChI is InChI=1S/C9H20N2O/c1-4-6-10-9(12)11-7-5-8(2)3/h8H,4-7H2,1-3H3,(H2,10,11,12). The van der Waals surface area contributed by atoms with E-state index in [0.717, 1.165) is 25.9 Å². The third-order valence-electron chi connectivity index (χ3n) is 1.54. The lowest BCUT2D eigenvalue weighted by Gasteiger charge is -2.07. The summed E-state index contributed by atoms with van der Waals surface area (Å²) in [4.78, 5) is 11.0. The molecule has 0 radical (unpaired) electrons. The fourth-order valence-corrected chi connectivity index (χ4v) is 0.775. The molecule has 3 heteroatoms. The molecule has 0 heterocycles. The third-order valence-corrected chi connectivity index (χ3v) is 1.54. The van der Waals surface area contributed by atoms with Crippen LogP contribution in [0.3, 0.4) is 0 Å². The number of nitrogens with one attached hydrogen (secondary N) is 2. The maximum absolute atomic E-state index is 11.0. The van der Waals surface area contributed by atoms with E-state index in [1.54, 1.807) is 0 Å². The van der Waals surface area contributed by atoms with Crippen molar-refractivity contribution in [2.75, 3.05) is 13.1 Å². The van der Waals surface area contributed by atoms with Crippen LogP contribution in [-0.4, -0.2) is 19.1 Å². The van der Waals surface area contributed by atoms with Crippen molar-refractivity contribution in [3.8, 4) is 0 Å². The Hall–Kier alpha value is -0.730. The van der Waals surface area contributed by atoms with Crippen molar-refractivity contribution < 1.29 is 4.79 Å². The van der Waals surface area contributed by atoms with E-state index in [0.29, 0.717) is 5.92 Å². The van der Waals surface area contributed by atoms with Crippen LogP contribution in [0.5, 0.6) is 0 Å².